The second-order valence-corrected chi connectivity index (χ2v) is 5.90. The van der Waals surface area contributed by atoms with Crippen molar-refractivity contribution in [3.8, 4) is 0 Å². The van der Waals surface area contributed by atoms with Gasteiger partial charge in [0.05, 0.1) is 6.54 Å². The summed E-state index contributed by atoms with van der Waals surface area (Å²) in [6.45, 7) is 2.82. The monoisotopic (exact) mass is 282 g/mol. The molecule has 102 valence electrons. The first-order chi connectivity index (χ1) is 9.92. The van der Waals surface area contributed by atoms with Gasteiger partial charge in [-0.3, -0.25) is 4.99 Å². The molecule has 0 aromatic heterocycles. The van der Waals surface area contributed by atoms with Crippen LogP contribution in [0.2, 0.25) is 0 Å². The molecule has 1 heterocycles. The number of rotatable bonds is 4. The van der Waals surface area contributed by atoms with E-state index in [1.807, 2.05) is 17.8 Å². The van der Waals surface area contributed by atoms with Crippen LogP contribution in [-0.4, -0.2) is 22.4 Å². The van der Waals surface area contributed by atoms with Gasteiger partial charge in [0, 0.05) is 18.8 Å². The molecule has 2 nitrogen and oxygen atoms in total. The molecule has 2 aromatic rings. The highest BCUT2D eigenvalue weighted by Crippen LogP contribution is 2.21. The second-order valence-electron chi connectivity index (χ2n) is 4.84. The van der Waals surface area contributed by atoms with E-state index in [0.29, 0.717) is 0 Å². The first-order valence-electron chi connectivity index (χ1n) is 6.92. The quantitative estimate of drug-likeness (QED) is 0.848. The predicted molar refractivity (Wildman–Crippen MR) is 86.9 cm³/mol. The van der Waals surface area contributed by atoms with Crippen LogP contribution in [0.1, 0.15) is 11.1 Å². The average Bonchev–Trinajstić information content (AvgIpc) is 2.94. The maximum atomic E-state index is 4.78. The molecule has 1 fully saturated rings. The summed E-state index contributed by atoms with van der Waals surface area (Å²) >= 11 is 1.86. The Bertz CT molecular complexity index is 566. The molecular weight excluding hydrogens is 264 g/mol. The highest BCUT2D eigenvalue weighted by atomic mass is 32.2. The Hall–Kier alpha value is -1.74. The molecule has 0 aliphatic carbocycles. The molecule has 1 saturated heterocycles. The van der Waals surface area contributed by atoms with Crippen molar-refractivity contribution in [2.24, 2.45) is 4.99 Å². The van der Waals surface area contributed by atoms with Gasteiger partial charge in [-0.2, -0.15) is 0 Å². The number of thioether (sulfide) groups is 1. The number of hydrogen-bond acceptors (Lipinski definition) is 2. The van der Waals surface area contributed by atoms with E-state index in [0.717, 1.165) is 25.4 Å². The molecule has 3 rings (SSSR count). The van der Waals surface area contributed by atoms with Crippen LogP contribution in [0.25, 0.3) is 0 Å². The number of amidine groups is 1. The molecule has 20 heavy (non-hydrogen) atoms. The predicted octanol–water partition coefficient (Wildman–Crippen LogP) is 3.79. The van der Waals surface area contributed by atoms with Gasteiger partial charge in [0.25, 0.3) is 0 Å². The largest absolute Gasteiger partial charge is 0.346 e. The smallest absolute Gasteiger partial charge is 0.159 e. The Morgan fingerprint density at radius 1 is 0.900 bits per heavy atom. The van der Waals surface area contributed by atoms with Crippen LogP contribution in [0, 0.1) is 0 Å². The summed E-state index contributed by atoms with van der Waals surface area (Å²) in [7, 11) is 0. The van der Waals surface area contributed by atoms with Crippen molar-refractivity contribution in [1.82, 2.24) is 4.90 Å². The zero-order valence-electron chi connectivity index (χ0n) is 11.4. The zero-order chi connectivity index (χ0) is 13.6. The van der Waals surface area contributed by atoms with Crippen molar-refractivity contribution in [2.75, 3.05) is 12.3 Å². The number of nitrogens with zero attached hydrogens (tertiary/aromatic N) is 2. The lowest BCUT2D eigenvalue weighted by Gasteiger charge is -2.17. The van der Waals surface area contributed by atoms with Crippen molar-refractivity contribution in [3.63, 3.8) is 0 Å². The number of benzene rings is 2. The van der Waals surface area contributed by atoms with Crippen LogP contribution >= 0.6 is 11.8 Å². The van der Waals surface area contributed by atoms with Crippen molar-refractivity contribution in [2.45, 2.75) is 13.1 Å². The normalized spacial score (nSPS) is 16.8. The van der Waals surface area contributed by atoms with E-state index in [1.54, 1.807) is 0 Å². The summed E-state index contributed by atoms with van der Waals surface area (Å²) in [5, 5.41) is 1.18. The standard InChI is InChI=1S/C17H18N2S/c1-3-7-15(8-4-1)13-18-17-19(11-12-20-17)14-16-9-5-2-6-10-16/h1-10H,11-14H2. The topological polar surface area (TPSA) is 15.6 Å². The minimum atomic E-state index is 0.772. The Labute approximate surface area is 124 Å². The lowest BCUT2D eigenvalue weighted by molar-refractivity contribution is 0.455. The first-order valence-corrected chi connectivity index (χ1v) is 7.90. The molecule has 0 unspecified atom stereocenters. The van der Waals surface area contributed by atoms with Crippen molar-refractivity contribution >= 4 is 16.9 Å². The fourth-order valence-electron chi connectivity index (χ4n) is 2.27. The summed E-state index contributed by atoms with van der Waals surface area (Å²) < 4.78 is 0. The van der Waals surface area contributed by atoms with E-state index < -0.39 is 0 Å². The summed E-state index contributed by atoms with van der Waals surface area (Å²) in [6.07, 6.45) is 0. The number of aliphatic imine (C=N–C) groups is 1. The molecule has 0 spiro atoms. The number of hydrogen-bond donors (Lipinski definition) is 0. The third-order valence-electron chi connectivity index (χ3n) is 3.32. The molecule has 1 aliphatic rings. The van der Waals surface area contributed by atoms with Gasteiger partial charge in [-0.15, -0.1) is 0 Å². The first kappa shape index (κ1) is 13.3. The molecule has 0 radical (unpaired) electrons. The highest BCUT2D eigenvalue weighted by Gasteiger charge is 2.19. The molecule has 0 amide bonds. The lowest BCUT2D eigenvalue weighted by Crippen LogP contribution is -2.23. The molecule has 0 bridgehead atoms. The van der Waals surface area contributed by atoms with E-state index >= 15 is 0 Å². The van der Waals surface area contributed by atoms with Crippen molar-refractivity contribution in [3.05, 3.63) is 71.8 Å². The Morgan fingerprint density at radius 3 is 2.25 bits per heavy atom. The Balaban J connectivity index is 1.66. The molecule has 2 aromatic carbocycles. The Morgan fingerprint density at radius 2 is 1.55 bits per heavy atom. The van der Waals surface area contributed by atoms with Gasteiger partial charge in [0.15, 0.2) is 5.17 Å². The molecule has 0 N–H and O–H groups in total. The molecule has 0 saturated carbocycles. The summed E-state index contributed by atoms with van der Waals surface area (Å²) in [5.41, 5.74) is 2.62. The second kappa shape index (κ2) is 6.62. The van der Waals surface area contributed by atoms with Gasteiger partial charge in [-0.1, -0.05) is 72.4 Å². The van der Waals surface area contributed by atoms with Gasteiger partial charge >= 0.3 is 0 Å². The molecule has 0 atom stereocenters. The SMILES string of the molecule is c1ccc(CN=C2SCCN2Cc2ccccc2)cc1. The van der Waals surface area contributed by atoms with E-state index in [2.05, 4.69) is 59.5 Å². The van der Waals surface area contributed by atoms with Crippen LogP contribution in [-0.2, 0) is 13.1 Å². The van der Waals surface area contributed by atoms with Crippen molar-refractivity contribution < 1.29 is 0 Å². The van der Waals surface area contributed by atoms with Crippen LogP contribution in [0.5, 0.6) is 0 Å². The van der Waals surface area contributed by atoms with E-state index in [-0.39, 0.29) is 0 Å². The third-order valence-corrected chi connectivity index (χ3v) is 4.35. The zero-order valence-corrected chi connectivity index (χ0v) is 12.2. The summed E-state index contributed by atoms with van der Waals surface area (Å²) in [5.74, 6) is 1.14. The molecule has 3 heteroatoms. The Kier molecular flexibility index (Phi) is 4.38. The summed E-state index contributed by atoms with van der Waals surface area (Å²) in [4.78, 5) is 7.15. The van der Waals surface area contributed by atoms with Gasteiger partial charge < -0.3 is 4.90 Å². The minimum absolute atomic E-state index is 0.772. The highest BCUT2D eigenvalue weighted by molar-refractivity contribution is 8.14. The third kappa shape index (κ3) is 3.42. The van der Waals surface area contributed by atoms with Crippen LogP contribution < -0.4 is 0 Å². The van der Waals surface area contributed by atoms with Gasteiger partial charge in [0.2, 0.25) is 0 Å². The molecular formula is C17H18N2S. The lowest BCUT2D eigenvalue weighted by atomic mass is 10.2. The van der Waals surface area contributed by atoms with Gasteiger partial charge in [-0.05, 0) is 11.1 Å². The van der Waals surface area contributed by atoms with Gasteiger partial charge in [0.1, 0.15) is 0 Å². The van der Waals surface area contributed by atoms with E-state index in [9.17, 15) is 0 Å². The van der Waals surface area contributed by atoms with Gasteiger partial charge in [-0.25, -0.2) is 0 Å². The minimum Gasteiger partial charge on any atom is -0.346 e. The fourth-order valence-corrected chi connectivity index (χ4v) is 3.26. The van der Waals surface area contributed by atoms with E-state index in [4.69, 9.17) is 4.99 Å². The maximum Gasteiger partial charge on any atom is 0.159 e. The van der Waals surface area contributed by atoms with Crippen molar-refractivity contribution in [1.29, 1.82) is 0 Å². The average molecular weight is 282 g/mol. The molecule has 1 aliphatic heterocycles. The van der Waals surface area contributed by atoms with Crippen LogP contribution in [0.3, 0.4) is 0 Å². The fraction of sp³-hybridized carbons (Fsp3) is 0.235. The van der Waals surface area contributed by atoms with Crippen LogP contribution in [0.4, 0.5) is 0 Å². The maximum absolute atomic E-state index is 4.78. The van der Waals surface area contributed by atoms with Crippen LogP contribution in [0.15, 0.2) is 65.7 Å². The van der Waals surface area contributed by atoms with E-state index in [1.165, 1.54) is 16.3 Å². The summed E-state index contributed by atoms with van der Waals surface area (Å²) in [6, 6.07) is 21.1.